The molecule has 0 radical (unpaired) electrons. The third-order valence-corrected chi connectivity index (χ3v) is 3.55. The summed E-state index contributed by atoms with van der Waals surface area (Å²) in [6.45, 7) is 3.81. The van der Waals surface area contributed by atoms with Gasteiger partial charge in [-0.3, -0.25) is 0 Å². The van der Waals surface area contributed by atoms with Gasteiger partial charge >= 0.3 is 5.97 Å². The molecule has 126 valence electrons. The van der Waals surface area contributed by atoms with Crippen LogP contribution in [0.2, 0.25) is 0 Å². The van der Waals surface area contributed by atoms with Crippen LogP contribution in [0.4, 0.5) is 23.0 Å². The van der Waals surface area contributed by atoms with Gasteiger partial charge in [0, 0.05) is 11.8 Å². The molecule has 3 aromatic rings. The number of aromatic carboxylic acids is 1. The molecule has 3 rings (SSSR count). The van der Waals surface area contributed by atoms with Crippen molar-refractivity contribution in [3.05, 3.63) is 71.5 Å². The van der Waals surface area contributed by atoms with Gasteiger partial charge in [-0.25, -0.2) is 14.8 Å². The number of nitrogens with one attached hydrogen (secondary N) is 2. The summed E-state index contributed by atoms with van der Waals surface area (Å²) in [5.74, 6) is 0.740. The number of nitrogens with zero attached hydrogens (tertiary/aromatic N) is 2. The van der Waals surface area contributed by atoms with Crippen molar-refractivity contribution >= 4 is 29.0 Å². The number of hydrogen-bond donors (Lipinski definition) is 3. The number of anilines is 4. The van der Waals surface area contributed by atoms with Crippen LogP contribution in [0, 0.1) is 13.8 Å². The summed E-state index contributed by atoms with van der Waals surface area (Å²) in [6, 6.07) is 16.4. The molecule has 3 N–H and O–H groups in total. The lowest BCUT2D eigenvalue weighted by Crippen LogP contribution is -2.05. The Labute approximate surface area is 145 Å². The zero-order valence-corrected chi connectivity index (χ0v) is 13.9. The predicted octanol–water partition coefficient (Wildman–Crippen LogP) is 4.28. The van der Waals surface area contributed by atoms with Crippen LogP contribution < -0.4 is 10.6 Å². The van der Waals surface area contributed by atoms with E-state index in [4.69, 9.17) is 0 Å². The van der Waals surface area contributed by atoms with Crippen molar-refractivity contribution in [2.45, 2.75) is 13.8 Å². The Morgan fingerprint density at radius 3 is 2.36 bits per heavy atom. The largest absolute Gasteiger partial charge is 0.478 e. The molecule has 6 nitrogen and oxygen atoms in total. The smallest absolute Gasteiger partial charge is 0.337 e. The van der Waals surface area contributed by atoms with Crippen molar-refractivity contribution in [2.24, 2.45) is 0 Å². The molecule has 2 aromatic carbocycles. The second-order valence-corrected chi connectivity index (χ2v) is 5.66. The number of rotatable bonds is 5. The Bertz CT molecular complexity index is 925. The Morgan fingerprint density at radius 1 is 0.920 bits per heavy atom. The van der Waals surface area contributed by atoms with Gasteiger partial charge in [0.1, 0.15) is 17.5 Å². The minimum Gasteiger partial charge on any atom is -0.478 e. The number of benzene rings is 2. The van der Waals surface area contributed by atoms with E-state index >= 15 is 0 Å². The summed E-state index contributed by atoms with van der Waals surface area (Å²) < 4.78 is 0. The Hall–Kier alpha value is -3.41. The van der Waals surface area contributed by atoms with E-state index in [1.54, 1.807) is 37.3 Å². The molecule has 25 heavy (non-hydrogen) atoms. The highest BCUT2D eigenvalue weighted by atomic mass is 16.4. The second kappa shape index (κ2) is 7.00. The summed E-state index contributed by atoms with van der Waals surface area (Å²) in [7, 11) is 0. The lowest BCUT2D eigenvalue weighted by atomic mass is 10.2. The van der Waals surface area contributed by atoms with Gasteiger partial charge < -0.3 is 15.7 Å². The molecule has 1 aromatic heterocycles. The van der Waals surface area contributed by atoms with Crippen LogP contribution in [-0.2, 0) is 0 Å². The van der Waals surface area contributed by atoms with Crippen LogP contribution in [0.15, 0.2) is 54.6 Å². The number of carbonyl (C=O) groups is 1. The van der Waals surface area contributed by atoms with Crippen molar-refractivity contribution < 1.29 is 9.90 Å². The maximum Gasteiger partial charge on any atom is 0.337 e. The summed E-state index contributed by atoms with van der Waals surface area (Å²) in [4.78, 5) is 20.0. The fourth-order valence-corrected chi connectivity index (χ4v) is 2.48. The molecule has 0 saturated heterocycles. The first-order chi connectivity index (χ1) is 12.0. The second-order valence-electron chi connectivity index (χ2n) is 5.66. The minimum atomic E-state index is -0.994. The van der Waals surface area contributed by atoms with Gasteiger partial charge in [-0.05, 0) is 43.7 Å². The normalized spacial score (nSPS) is 10.3. The standard InChI is InChI=1S/C19H18N4O2/c1-12-6-5-7-14(10-12)22-17-11-18(21-13(2)20-17)23-16-9-4-3-8-15(16)19(24)25/h3-11H,1-2H3,(H,24,25)(H2,20,21,22,23). The average molecular weight is 334 g/mol. The van der Waals surface area contributed by atoms with Crippen LogP contribution in [0.1, 0.15) is 21.7 Å². The Morgan fingerprint density at radius 2 is 1.64 bits per heavy atom. The monoisotopic (exact) mass is 334 g/mol. The molecule has 0 spiro atoms. The molecule has 0 atom stereocenters. The van der Waals surface area contributed by atoms with E-state index in [0.717, 1.165) is 11.3 Å². The topological polar surface area (TPSA) is 87.1 Å². The molecular formula is C19H18N4O2. The van der Waals surface area contributed by atoms with Crippen LogP contribution in [0.3, 0.4) is 0 Å². The van der Waals surface area contributed by atoms with E-state index in [9.17, 15) is 9.90 Å². The zero-order valence-electron chi connectivity index (χ0n) is 13.9. The molecule has 0 unspecified atom stereocenters. The minimum absolute atomic E-state index is 0.187. The van der Waals surface area contributed by atoms with E-state index in [-0.39, 0.29) is 5.56 Å². The van der Waals surface area contributed by atoms with Crippen molar-refractivity contribution in [2.75, 3.05) is 10.6 Å². The highest BCUT2D eigenvalue weighted by molar-refractivity contribution is 5.95. The first-order valence-corrected chi connectivity index (χ1v) is 7.80. The molecule has 0 bridgehead atoms. The molecule has 0 fully saturated rings. The maximum atomic E-state index is 11.3. The summed E-state index contributed by atoms with van der Waals surface area (Å²) in [6.07, 6.45) is 0. The van der Waals surface area contributed by atoms with Crippen LogP contribution >= 0.6 is 0 Å². The van der Waals surface area contributed by atoms with Crippen molar-refractivity contribution in [1.82, 2.24) is 9.97 Å². The SMILES string of the molecule is Cc1cccc(Nc2cc(Nc3ccccc3C(=O)O)nc(C)n2)c1. The van der Waals surface area contributed by atoms with Gasteiger partial charge in [0.2, 0.25) is 0 Å². The molecule has 0 saturated carbocycles. The quantitative estimate of drug-likeness (QED) is 0.645. The van der Waals surface area contributed by atoms with Gasteiger partial charge in [-0.15, -0.1) is 0 Å². The van der Waals surface area contributed by atoms with Crippen LogP contribution in [-0.4, -0.2) is 21.0 Å². The first-order valence-electron chi connectivity index (χ1n) is 7.80. The maximum absolute atomic E-state index is 11.3. The van der Waals surface area contributed by atoms with E-state index in [1.807, 2.05) is 31.2 Å². The number of carboxylic acid groups (broad SMARTS) is 1. The highest BCUT2D eigenvalue weighted by Gasteiger charge is 2.10. The lowest BCUT2D eigenvalue weighted by molar-refractivity contribution is 0.0698. The van der Waals surface area contributed by atoms with Crippen LogP contribution in [0.25, 0.3) is 0 Å². The first kappa shape index (κ1) is 16.4. The third-order valence-electron chi connectivity index (χ3n) is 3.55. The third kappa shape index (κ3) is 4.11. The van der Waals surface area contributed by atoms with Gasteiger partial charge in [0.05, 0.1) is 11.3 Å². The van der Waals surface area contributed by atoms with Crippen LogP contribution in [0.5, 0.6) is 0 Å². The van der Waals surface area contributed by atoms with Gasteiger partial charge in [0.25, 0.3) is 0 Å². The average Bonchev–Trinajstić information content (AvgIpc) is 2.54. The molecule has 0 aliphatic carbocycles. The highest BCUT2D eigenvalue weighted by Crippen LogP contribution is 2.23. The van der Waals surface area contributed by atoms with Gasteiger partial charge in [0.15, 0.2) is 0 Å². The van der Waals surface area contributed by atoms with E-state index in [1.165, 1.54) is 0 Å². The van der Waals surface area contributed by atoms with E-state index < -0.39 is 5.97 Å². The fourth-order valence-electron chi connectivity index (χ4n) is 2.48. The fraction of sp³-hybridized carbons (Fsp3) is 0.105. The van der Waals surface area contributed by atoms with Crippen molar-refractivity contribution in [1.29, 1.82) is 0 Å². The zero-order chi connectivity index (χ0) is 17.8. The molecule has 6 heteroatoms. The number of hydrogen-bond acceptors (Lipinski definition) is 5. The van der Waals surface area contributed by atoms with Gasteiger partial charge in [-0.2, -0.15) is 0 Å². The predicted molar refractivity (Wildman–Crippen MR) is 97.9 cm³/mol. The number of aromatic nitrogens is 2. The number of aryl methyl sites for hydroxylation is 2. The molecule has 0 amide bonds. The summed E-state index contributed by atoms with van der Waals surface area (Å²) >= 11 is 0. The van der Waals surface area contributed by atoms with E-state index in [0.29, 0.717) is 23.1 Å². The van der Waals surface area contributed by atoms with Gasteiger partial charge in [-0.1, -0.05) is 24.3 Å². The number of carboxylic acids is 1. The lowest BCUT2D eigenvalue weighted by Gasteiger charge is -2.12. The Balaban J connectivity index is 1.88. The summed E-state index contributed by atoms with van der Waals surface area (Å²) in [5, 5.41) is 15.6. The molecule has 0 aliphatic heterocycles. The molecule has 1 heterocycles. The van der Waals surface area contributed by atoms with Crippen molar-refractivity contribution in [3.8, 4) is 0 Å². The summed E-state index contributed by atoms with van der Waals surface area (Å²) in [5.41, 5.74) is 2.74. The van der Waals surface area contributed by atoms with Crippen molar-refractivity contribution in [3.63, 3.8) is 0 Å². The Kier molecular flexibility index (Phi) is 4.61. The molecular weight excluding hydrogens is 316 g/mol. The number of para-hydroxylation sites is 1. The van der Waals surface area contributed by atoms with E-state index in [2.05, 4.69) is 20.6 Å². The molecule has 0 aliphatic rings.